The van der Waals surface area contributed by atoms with Gasteiger partial charge in [0, 0.05) is 23.3 Å². The molecule has 0 amide bonds. The van der Waals surface area contributed by atoms with Crippen LogP contribution < -0.4 is 5.56 Å². The molecule has 1 unspecified atom stereocenters. The molecule has 2 heterocycles. The molecule has 2 N–H and O–H groups in total. The Hall–Kier alpha value is -4.80. The summed E-state index contributed by atoms with van der Waals surface area (Å²) in [5, 5.41) is 19.8. The number of imidazole rings is 1. The Morgan fingerprint density at radius 3 is 2.22 bits per heavy atom. The molecule has 5 aromatic rings. The fourth-order valence-electron chi connectivity index (χ4n) is 5.53. The van der Waals surface area contributed by atoms with Crippen LogP contribution in [0.5, 0.6) is 0 Å². The molecule has 10 nitrogen and oxygen atoms in total. The maximum atomic E-state index is 14.1. The van der Waals surface area contributed by atoms with Crippen LogP contribution in [-0.2, 0) is 22.7 Å². The lowest BCUT2D eigenvalue weighted by Crippen LogP contribution is -2.34. The second kappa shape index (κ2) is 13.5. The molecule has 0 spiro atoms. The van der Waals surface area contributed by atoms with Gasteiger partial charge in [0.05, 0.1) is 42.3 Å². The van der Waals surface area contributed by atoms with Crippen molar-refractivity contribution in [3.05, 3.63) is 117 Å². The third-order valence-electron chi connectivity index (χ3n) is 7.52. The van der Waals surface area contributed by atoms with Gasteiger partial charge in [0.15, 0.2) is 0 Å². The lowest BCUT2D eigenvalue weighted by atomic mass is 10.0. The van der Waals surface area contributed by atoms with Gasteiger partial charge in [-0.15, -0.1) is 0 Å². The molecule has 0 saturated heterocycles. The molecule has 5 rings (SSSR count). The van der Waals surface area contributed by atoms with Crippen molar-refractivity contribution in [3.63, 3.8) is 0 Å². The van der Waals surface area contributed by atoms with Crippen molar-refractivity contribution in [2.75, 3.05) is 13.1 Å². The summed E-state index contributed by atoms with van der Waals surface area (Å²) in [6.45, 7) is 5.41. The third kappa shape index (κ3) is 7.30. The van der Waals surface area contributed by atoms with Crippen molar-refractivity contribution in [2.24, 2.45) is 5.92 Å². The van der Waals surface area contributed by atoms with Crippen LogP contribution in [0, 0.1) is 12.8 Å². The lowest BCUT2D eigenvalue weighted by Gasteiger charge is -2.27. The number of carboxylic acids is 2. The smallest absolute Gasteiger partial charge is 0.317 e. The van der Waals surface area contributed by atoms with Crippen molar-refractivity contribution >= 4 is 34.4 Å². The van der Waals surface area contributed by atoms with Gasteiger partial charge in [-0.2, -0.15) is 0 Å². The normalized spacial score (nSPS) is 12.2. The fraction of sp³-hybridized carbons (Fsp3) is 0.265. The van der Waals surface area contributed by atoms with Crippen molar-refractivity contribution in [2.45, 2.75) is 39.9 Å². The number of rotatable bonds is 12. The van der Waals surface area contributed by atoms with Crippen LogP contribution in [0.4, 0.5) is 0 Å². The molecule has 0 bridgehead atoms. The van der Waals surface area contributed by atoms with E-state index >= 15 is 0 Å². The van der Waals surface area contributed by atoms with Crippen LogP contribution >= 0.6 is 11.6 Å². The van der Waals surface area contributed by atoms with Crippen LogP contribution in [0.2, 0.25) is 5.02 Å². The number of aromatic nitrogens is 4. The standard InChI is InChI=1S/C34H34ClN5O5/c1-21(2)31(33-37-28-15-25(35)13-14-27(28)34(45)40(33)16-23-7-5-4-6-8-23)39-18-26(17-38(19-29(41)42)20-30(43)44)36-32(39)24-11-9-22(3)10-12-24/h4-15,18,21,31H,16-17,19-20H2,1-3H3,(H,41,42)(H,43,44). The van der Waals surface area contributed by atoms with Crippen LogP contribution in [0.15, 0.2) is 83.8 Å². The van der Waals surface area contributed by atoms with Crippen LogP contribution in [0.3, 0.4) is 0 Å². The number of carbonyl (C=O) groups is 2. The molecular weight excluding hydrogens is 594 g/mol. The van der Waals surface area contributed by atoms with Crippen molar-refractivity contribution in [1.82, 2.24) is 24.0 Å². The van der Waals surface area contributed by atoms with Gasteiger partial charge in [0.25, 0.3) is 5.56 Å². The van der Waals surface area contributed by atoms with E-state index in [1.807, 2.05) is 79.9 Å². The third-order valence-corrected chi connectivity index (χ3v) is 7.76. The topological polar surface area (TPSA) is 131 Å². The number of aryl methyl sites for hydroxylation is 1. The number of carboxylic acid groups (broad SMARTS) is 2. The molecule has 2 aromatic heterocycles. The Balaban J connectivity index is 1.73. The van der Waals surface area contributed by atoms with Gasteiger partial charge >= 0.3 is 11.9 Å². The van der Waals surface area contributed by atoms with Gasteiger partial charge in [0.2, 0.25) is 0 Å². The zero-order valence-electron chi connectivity index (χ0n) is 25.2. The Labute approximate surface area is 265 Å². The van der Waals surface area contributed by atoms with Gasteiger partial charge in [-0.25, -0.2) is 9.97 Å². The van der Waals surface area contributed by atoms with E-state index in [4.69, 9.17) is 21.6 Å². The average Bonchev–Trinajstić information content (AvgIpc) is 3.37. The highest BCUT2D eigenvalue weighted by molar-refractivity contribution is 6.31. The van der Waals surface area contributed by atoms with Gasteiger partial charge in [0.1, 0.15) is 11.6 Å². The number of halogens is 1. The summed E-state index contributed by atoms with van der Waals surface area (Å²) in [5.41, 5.74) is 3.56. The number of nitrogens with zero attached hydrogens (tertiary/aromatic N) is 5. The second-order valence-electron chi connectivity index (χ2n) is 11.5. The van der Waals surface area contributed by atoms with Gasteiger partial charge in [-0.05, 0) is 36.6 Å². The van der Waals surface area contributed by atoms with E-state index in [0.717, 1.165) is 16.7 Å². The number of benzene rings is 3. The minimum atomic E-state index is -1.14. The molecule has 0 aliphatic carbocycles. The second-order valence-corrected chi connectivity index (χ2v) is 11.9. The summed E-state index contributed by atoms with van der Waals surface area (Å²) < 4.78 is 3.65. The first-order valence-corrected chi connectivity index (χ1v) is 14.9. The molecule has 0 aliphatic rings. The van der Waals surface area contributed by atoms with Gasteiger partial charge in [-0.1, -0.05) is 85.6 Å². The summed E-state index contributed by atoms with van der Waals surface area (Å²) in [5.74, 6) is -1.27. The summed E-state index contributed by atoms with van der Waals surface area (Å²) in [6, 6.07) is 22.1. The maximum Gasteiger partial charge on any atom is 0.317 e. The zero-order chi connectivity index (χ0) is 32.2. The van der Waals surface area contributed by atoms with E-state index in [9.17, 15) is 24.6 Å². The number of fused-ring (bicyclic) bond motifs is 1. The molecule has 1 atom stereocenters. The monoisotopic (exact) mass is 627 g/mol. The number of hydrogen-bond acceptors (Lipinski definition) is 6. The molecule has 3 aromatic carbocycles. The van der Waals surface area contributed by atoms with Gasteiger partial charge < -0.3 is 14.8 Å². The summed E-state index contributed by atoms with van der Waals surface area (Å²) >= 11 is 6.34. The summed E-state index contributed by atoms with van der Waals surface area (Å²) in [6.07, 6.45) is 1.80. The Morgan fingerprint density at radius 2 is 1.60 bits per heavy atom. The molecule has 0 fully saturated rings. The molecule has 232 valence electrons. The average molecular weight is 628 g/mol. The molecule has 45 heavy (non-hydrogen) atoms. The first-order chi connectivity index (χ1) is 21.5. The number of aliphatic carboxylic acids is 2. The Morgan fingerprint density at radius 1 is 0.933 bits per heavy atom. The Bertz CT molecular complexity index is 1880. The minimum absolute atomic E-state index is 0.00709. The first kappa shape index (κ1) is 31.6. The summed E-state index contributed by atoms with van der Waals surface area (Å²) in [7, 11) is 0. The highest BCUT2D eigenvalue weighted by Gasteiger charge is 2.29. The SMILES string of the molecule is Cc1ccc(-c2nc(CN(CC(=O)O)CC(=O)O)cn2C(c2nc3cc(Cl)ccc3c(=O)n2Cc2ccccc2)C(C)C)cc1. The van der Waals surface area contributed by atoms with E-state index in [0.29, 0.717) is 33.3 Å². The van der Waals surface area contributed by atoms with E-state index in [-0.39, 0.29) is 24.6 Å². The molecule has 0 radical (unpaired) electrons. The predicted molar refractivity (Wildman–Crippen MR) is 172 cm³/mol. The quantitative estimate of drug-likeness (QED) is 0.186. The molecule has 0 saturated carbocycles. The lowest BCUT2D eigenvalue weighted by molar-refractivity contribution is -0.142. The number of hydrogen-bond donors (Lipinski definition) is 2. The van der Waals surface area contributed by atoms with E-state index < -0.39 is 31.1 Å². The van der Waals surface area contributed by atoms with E-state index in [1.165, 1.54) is 4.90 Å². The van der Waals surface area contributed by atoms with E-state index in [2.05, 4.69) is 0 Å². The van der Waals surface area contributed by atoms with Crippen LogP contribution in [-0.4, -0.2) is 59.2 Å². The minimum Gasteiger partial charge on any atom is -0.480 e. The highest BCUT2D eigenvalue weighted by atomic mass is 35.5. The Kier molecular flexibility index (Phi) is 9.45. The fourth-order valence-corrected chi connectivity index (χ4v) is 5.69. The van der Waals surface area contributed by atoms with E-state index in [1.54, 1.807) is 29.0 Å². The van der Waals surface area contributed by atoms with Crippen molar-refractivity contribution < 1.29 is 19.8 Å². The maximum absolute atomic E-state index is 14.1. The first-order valence-electron chi connectivity index (χ1n) is 14.5. The predicted octanol–water partition coefficient (Wildman–Crippen LogP) is 5.49. The summed E-state index contributed by atoms with van der Waals surface area (Å²) in [4.78, 5) is 48.4. The molecular formula is C34H34ClN5O5. The largest absolute Gasteiger partial charge is 0.480 e. The van der Waals surface area contributed by atoms with Crippen LogP contribution in [0.25, 0.3) is 22.3 Å². The molecule has 0 aliphatic heterocycles. The van der Waals surface area contributed by atoms with Crippen molar-refractivity contribution in [1.29, 1.82) is 0 Å². The van der Waals surface area contributed by atoms with Crippen molar-refractivity contribution in [3.8, 4) is 11.4 Å². The van der Waals surface area contributed by atoms with Crippen LogP contribution in [0.1, 0.15) is 42.5 Å². The zero-order valence-corrected chi connectivity index (χ0v) is 26.0. The van der Waals surface area contributed by atoms with Gasteiger partial charge in [-0.3, -0.25) is 23.9 Å². The highest BCUT2D eigenvalue weighted by Crippen LogP contribution is 2.33. The molecule has 11 heteroatoms.